The van der Waals surface area contributed by atoms with Crippen molar-refractivity contribution in [3.63, 3.8) is 0 Å². The molecule has 5 N–H and O–H groups in total. The second-order valence-corrected chi connectivity index (χ2v) is 16.4. The molecule has 25 nitrogen and oxygen atoms in total. The van der Waals surface area contributed by atoms with Gasteiger partial charge in [-0.1, -0.05) is 18.6 Å². The lowest BCUT2D eigenvalue weighted by atomic mass is 9.77. The Hall–Kier alpha value is -5.12. The maximum absolute atomic E-state index is 12.3. The highest BCUT2D eigenvalue weighted by atomic mass is 16.6. The highest BCUT2D eigenvalue weighted by Gasteiger charge is 2.35. The van der Waals surface area contributed by atoms with Gasteiger partial charge in [0.2, 0.25) is 0 Å². The quantitative estimate of drug-likeness (QED) is 0.0465. The van der Waals surface area contributed by atoms with Gasteiger partial charge >= 0.3 is 24.4 Å². The standard InChI is InChI=1S/C28H45N5O11.C21H42O9/c1-29-25(35)41-14-20(15-42-26(36)30-2)24(21(16-43-27(37)31-3)17-44-28(38)32-4)19-9-8-10-22(13-19)40-18-23(34)33-11-6-7-12-39-5;1-23-10-8-6-7-9-18(22)11-28-21(16-29-19(12-24-2)13-25-3)17-30-20(14-26-4)15-27-5/h8-10,13,20-21,24H,6-7,11-12,14-18H2,1-5H3,(H,29,35)(H,30,36)(H,31,37)(H,32,38)(H,33,34);19-21H,6-17H2,1-5H3. The maximum atomic E-state index is 12.3. The van der Waals surface area contributed by atoms with Crippen molar-refractivity contribution in [2.45, 2.75) is 62.8 Å². The van der Waals surface area contributed by atoms with Crippen LogP contribution in [0.15, 0.2) is 24.3 Å². The van der Waals surface area contributed by atoms with Gasteiger partial charge in [-0.25, -0.2) is 19.2 Å². The number of carbonyl (C=O) groups excluding carboxylic acids is 6. The van der Waals surface area contributed by atoms with Gasteiger partial charge in [0, 0.05) is 115 Å². The van der Waals surface area contributed by atoms with Gasteiger partial charge in [-0.3, -0.25) is 9.59 Å². The van der Waals surface area contributed by atoms with E-state index in [1.807, 2.05) is 0 Å². The van der Waals surface area contributed by atoms with Crippen LogP contribution in [0, 0.1) is 11.8 Å². The number of methoxy groups -OCH3 is 6. The highest BCUT2D eigenvalue weighted by Crippen LogP contribution is 2.36. The number of hydrogen-bond acceptors (Lipinski definition) is 20. The Morgan fingerprint density at radius 2 is 0.905 bits per heavy atom. The number of ether oxygens (including phenoxy) is 14. The molecule has 0 fully saturated rings. The molecule has 0 aliphatic heterocycles. The zero-order valence-electron chi connectivity index (χ0n) is 45.3. The van der Waals surface area contributed by atoms with E-state index >= 15 is 0 Å². The number of carbonyl (C=O) groups is 6. The summed E-state index contributed by atoms with van der Waals surface area (Å²) in [6.45, 7) is 2.78. The van der Waals surface area contributed by atoms with Crippen molar-refractivity contribution in [3.8, 4) is 5.75 Å². The summed E-state index contributed by atoms with van der Waals surface area (Å²) in [6, 6.07) is 6.75. The van der Waals surface area contributed by atoms with Crippen LogP contribution in [0.2, 0.25) is 0 Å². The molecule has 25 heteroatoms. The Labute approximate surface area is 436 Å². The SMILES string of the molecule is CNC(=O)OCC(COC(=O)NC)C(c1cccc(OCC(=O)NCCCCOC)c1)C(COC(=O)NC)COC(=O)NC.COCCCCCC(=O)COC(COC(COC)COC)COC(COC)COC. The van der Waals surface area contributed by atoms with Crippen LogP contribution in [0.4, 0.5) is 19.2 Å². The monoisotopic (exact) mass is 1070 g/mol. The summed E-state index contributed by atoms with van der Waals surface area (Å²) in [4.78, 5) is 72.5. The summed E-state index contributed by atoms with van der Waals surface area (Å²) in [5, 5.41) is 12.2. The van der Waals surface area contributed by atoms with Crippen molar-refractivity contribution in [1.82, 2.24) is 26.6 Å². The van der Waals surface area contributed by atoms with E-state index in [1.54, 1.807) is 66.9 Å². The number of benzene rings is 1. The lowest BCUT2D eigenvalue weighted by Gasteiger charge is -2.33. The molecule has 74 heavy (non-hydrogen) atoms. The predicted octanol–water partition coefficient (Wildman–Crippen LogP) is 2.85. The number of rotatable bonds is 42. The molecule has 1 aromatic carbocycles. The van der Waals surface area contributed by atoms with Crippen molar-refractivity contribution in [2.75, 3.05) is 170 Å². The zero-order chi connectivity index (χ0) is 55.2. The molecule has 0 heterocycles. The second kappa shape index (κ2) is 46.4. The fraction of sp³-hybridized carbons (Fsp3) is 0.755. The molecule has 428 valence electrons. The lowest BCUT2D eigenvalue weighted by molar-refractivity contribution is -0.139. The largest absolute Gasteiger partial charge is 0.484 e. The van der Waals surface area contributed by atoms with E-state index in [0.29, 0.717) is 57.3 Å². The minimum Gasteiger partial charge on any atom is -0.484 e. The number of nitrogens with one attached hydrogen (secondary N) is 5. The molecule has 0 saturated carbocycles. The third-order valence-electron chi connectivity index (χ3n) is 10.5. The number of Topliss-reactive ketones (excluding diaryl/α,β-unsaturated/α-hetero) is 1. The van der Waals surface area contributed by atoms with Crippen molar-refractivity contribution in [2.24, 2.45) is 11.8 Å². The van der Waals surface area contributed by atoms with E-state index in [9.17, 15) is 28.8 Å². The molecule has 0 aliphatic carbocycles. The number of amides is 5. The van der Waals surface area contributed by atoms with E-state index < -0.39 is 48.2 Å². The Bertz CT molecular complexity index is 1520. The fourth-order valence-corrected chi connectivity index (χ4v) is 6.76. The van der Waals surface area contributed by atoms with Gasteiger partial charge in [0.1, 0.15) is 30.7 Å². The van der Waals surface area contributed by atoms with Gasteiger partial charge < -0.3 is 92.9 Å². The molecular weight excluding hydrogens is 979 g/mol. The normalized spacial score (nSPS) is 11.1. The van der Waals surface area contributed by atoms with Crippen LogP contribution < -0.4 is 31.3 Å². The van der Waals surface area contributed by atoms with Crippen molar-refractivity contribution in [1.29, 1.82) is 0 Å². The first kappa shape index (κ1) is 68.9. The first-order valence-corrected chi connectivity index (χ1v) is 24.5. The first-order chi connectivity index (χ1) is 35.8. The predicted molar refractivity (Wildman–Crippen MR) is 269 cm³/mol. The maximum Gasteiger partial charge on any atom is 0.406 e. The summed E-state index contributed by atoms with van der Waals surface area (Å²) < 4.78 is 75.2. The Balaban J connectivity index is 0.00000155. The number of ketones is 1. The number of unbranched alkanes of at least 4 members (excludes halogenated alkanes) is 3. The molecule has 0 radical (unpaired) electrons. The van der Waals surface area contributed by atoms with Gasteiger partial charge in [-0.15, -0.1) is 0 Å². The van der Waals surface area contributed by atoms with Gasteiger partial charge in [-0.2, -0.15) is 0 Å². The first-order valence-electron chi connectivity index (χ1n) is 24.5. The summed E-state index contributed by atoms with van der Waals surface area (Å²) in [5.41, 5.74) is 0.583. The van der Waals surface area contributed by atoms with Crippen LogP contribution in [0.25, 0.3) is 0 Å². The van der Waals surface area contributed by atoms with Crippen molar-refractivity contribution < 1.29 is 95.1 Å². The highest BCUT2D eigenvalue weighted by molar-refractivity contribution is 5.79. The molecule has 0 unspecified atom stereocenters. The molecule has 1 aromatic rings. The Morgan fingerprint density at radius 3 is 1.32 bits per heavy atom. The van der Waals surface area contributed by atoms with Crippen LogP contribution in [0.3, 0.4) is 0 Å². The topological polar surface area (TPSA) is 292 Å². The third kappa shape index (κ3) is 35.1. The van der Waals surface area contributed by atoms with Crippen LogP contribution >= 0.6 is 0 Å². The Morgan fingerprint density at radius 1 is 0.473 bits per heavy atom. The summed E-state index contributed by atoms with van der Waals surface area (Å²) >= 11 is 0. The average Bonchev–Trinajstić information content (AvgIpc) is 3.40. The minimum absolute atomic E-state index is 0.0279. The fourth-order valence-electron chi connectivity index (χ4n) is 6.76. The molecule has 0 aromatic heterocycles. The summed E-state index contributed by atoms with van der Waals surface area (Å²) in [7, 11) is 15.3. The molecular formula is C49H87N5O20. The Kier molecular flexibility index (Phi) is 43.2. The average molecular weight is 1070 g/mol. The van der Waals surface area contributed by atoms with Gasteiger partial charge in [-0.05, 0) is 43.4 Å². The molecule has 0 spiro atoms. The lowest BCUT2D eigenvalue weighted by Crippen LogP contribution is -2.38. The molecule has 0 bridgehead atoms. The molecule has 0 saturated heterocycles. The van der Waals surface area contributed by atoms with Gasteiger partial charge in [0.25, 0.3) is 5.91 Å². The van der Waals surface area contributed by atoms with Crippen molar-refractivity contribution in [3.05, 3.63) is 29.8 Å². The smallest absolute Gasteiger partial charge is 0.406 e. The van der Waals surface area contributed by atoms with E-state index in [0.717, 1.165) is 38.7 Å². The van der Waals surface area contributed by atoms with Gasteiger partial charge in [0.15, 0.2) is 12.4 Å². The number of hydrogen-bond donors (Lipinski definition) is 5. The second-order valence-electron chi connectivity index (χ2n) is 16.4. The molecule has 5 amide bonds. The van der Waals surface area contributed by atoms with Crippen LogP contribution in [0.5, 0.6) is 5.75 Å². The molecule has 0 aliphatic rings. The number of alkyl carbamates (subject to hydrolysis) is 4. The van der Waals surface area contributed by atoms with E-state index in [2.05, 4.69) is 26.6 Å². The van der Waals surface area contributed by atoms with E-state index in [4.69, 9.17) is 66.3 Å². The summed E-state index contributed by atoms with van der Waals surface area (Å²) in [6.07, 6.45) is 1.05. The molecule has 0 atom stereocenters. The third-order valence-corrected chi connectivity index (χ3v) is 10.5. The van der Waals surface area contributed by atoms with Gasteiger partial charge in [0.05, 0.1) is 66.1 Å². The zero-order valence-corrected chi connectivity index (χ0v) is 45.3. The van der Waals surface area contributed by atoms with Crippen LogP contribution in [0.1, 0.15) is 50.0 Å². The minimum atomic E-state index is -0.723. The van der Waals surface area contributed by atoms with E-state index in [1.165, 1.54) is 28.2 Å². The summed E-state index contributed by atoms with van der Waals surface area (Å²) in [5.74, 6) is -2.04. The van der Waals surface area contributed by atoms with Crippen LogP contribution in [-0.4, -0.2) is 224 Å². The van der Waals surface area contributed by atoms with Crippen molar-refractivity contribution >= 4 is 36.1 Å². The van der Waals surface area contributed by atoms with E-state index in [-0.39, 0.29) is 76.8 Å². The molecule has 1 rings (SSSR count). The van der Waals surface area contributed by atoms with Crippen LogP contribution in [-0.2, 0) is 71.2 Å².